The van der Waals surface area contributed by atoms with Gasteiger partial charge >= 0.3 is 0 Å². The summed E-state index contributed by atoms with van der Waals surface area (Å²) < 4.78 is 0. The summed E-state index contributed by atoms with van der Waals surface area (Å²) >= 11 is 0. The molecule has 11 heavy (non-hydrogen) atoms. The molecule has 2 N–H and O–H groups in total. The number of allylic oxidation sites excluding steroid dienone is 2. The Bertz CT molecular complexity index is 130. The highest BCUT2D eigenvalue weighted by Crippen LogP contribution is 2.03. The molecule has 2 atom stereocenters. The van der Waals surface area contributed by atoms with Crippen molar-refractivity contribution in [1.29, 1.82) is 0 Å². The van der Waals surface area contributed by atoms with Gasteiger partial charge in [-0.3, -0.25) is 0 Å². The third kappa shape index (κ3) is 4.76. The second-order valence-electron chi connectivity index (χ2n) is 2.44. The lowest BCUT2D eigenvalue weighted by Crippen LogP contribution is -2.23. The molecule has 2 nitrogen and oxygen atoms in total. The molecule has 0 amide bonds. The minimum absolute atomic E-state index is 0.487. The van der Waals surface area contributed by atoms with Gasteiger partial charge in [-0.1, -0.05) is 31.7 Å². The zero-order valence-electron chi connectivity index (χ0n) is 6.90. The summed E-state index contributed by atoms with van der Waals surface area (Å²) in [6.45, 7) is 5.33. The number of hydrogen-bond acceptors (Lipinski definition) is 2. The zero-order valence-corrected chi connectivity index (χ0v) is 6.90. The Morgan fingerprint density at radius 2 is 2.00 bits per heavy atom. The highest BCUT2D eigenvalue weighted by molar-refractivity contribution is 4.98. The maximum absolute atomic E-state index is 9.21. The lowest BCUT2D eigenvalue weighted by molar-refractivity contribution is 0.0197. The van der Waals surface area contributed by atoms with Crippen LogP contribution in [-0.2, 0) is 0 Å². The van der Waals surface area contributed by atoms with E-state index in [4.69, 9.17) is 5.11 Å². The van der Waals surface area contributed by atoms with Gasteiger partial charge in [-0.2, -0.15) is 0 Å². The average molecular weight is 156 g/mol. The molecule has 0 aromatic carbocycles. The summed E-state index contributed by atoms with van der Waals surface area (Å²) in [4.78, 5) is 0. The standard InChI is InChI=1S/C9H16O2/c1-3-5-6-7-9(11)8(10)4-2/h3,5-6,8-11H,1,4,7H2,2H3. The van der Waals surface area contributed by atoms with Crippen LogP contribution in [0.4, 0.5) is 0 Å². The average Bonchev–Trinajstić information content (AvgIpc) is 2.03. The van der Waals surface area contributed by atoms with Gasteiger partial charge in [0.2, 0.25) is 0 Å². The van der Waals surface area contributed by atoms with E-state index in [1.807, 2.05) is 6.92 Å². The van der Waals surface area contributed by atoms with Gasteiger partial charge in [0.25, 0.3) is 0 Å². The Kier molecular flexibility index (Phi) is 5.80. The molecule has 0 aliphatic heterocycles. The molecule has 0 aliphatic rings. The molecule has 0 spiro atoms. The van der Waals surface area contributed by atoms with E-state index in [9.17, 15) is 5.11 Å². The van der Waals surface area contributed by atoms with E-state index in [-0.39, 0.29) is 0 Å². The van der Waals surface area contributed by atoms with Crippen LogP contribution in [0, 0.1) is 0 Å². The first-order valence-corrected chi connectivity index (χ1v) is 3.86. The highest BCUT2D eigenvalue weighted by atomic mass is 16.3. The van der Waals surface area contributed by atoms with Crippen molar-refractivity contribution in [3.05, 3.63) is 24.8 Å². The molecule has 0 fully saturated rings. The van der Waals surface area contributed by atoms with Gasteiger partial charge in [-0.05, 0) is 12.8 Å². The predicted octanol–water partition coefficient (Wildman–Crippen LogP) is 1.25. The van der Waals surface area contributed by atoms with Crippen molar-refractivity contribution < 1.29 is 10.2 Å². The topological polar surface area (TPSA) is 40.5 Å². The highest BCUT2D eigenvalue weighted by Gasteiger charge is 2.10. The Hall–Kier alpha value is -0.600. The maximum atomic E-state index is 9.21. The monoisotopic (exact) mass is 156 g/mol. The molecule has 0 saturated carbocycles. The molecule has 0 heterocycles. The van der Waals surface area contributed by atoms with E-state index >= 15 is 0 Å². The second-order valence-corrected chi connectivity index (χ2v) is 2.44. The smallest absolute Gasteiger partial charge is 0.0833 e. The van der Waals surface area contributed by atoms with Crippen LogP contribution in [0.15, 0.2) is 24.8 Å². The molecular weight excluding hydrogens is 140 g/mol. The molecule has 0 aromatic heterocycles. The number of aliphatic hydroxyl groups excluding tert-OH is 2. The normalized spacial score (nSPS) is 16.6. The van der Waals surface area contributed by atoms with E-state index in [2.05, 4.69) is 6.58 Å². The molecule has 2 heteroatoms. The minimum Gasteiger partial charge on any atom is -0.390 e. The Morgan fingerprint density at radius 1 is 1.36 bits per heavy atom. The van der Waals surface area contributed by atoms with E-state index < -0.39 is 12.2 Å². The first kappa shape index (κ1) is 10.4. The summed E-state index contributed by atoms with van der Waals surface area (Å²) in [6.07, 6.45) is 5.01. The summed E-state index contributed by atoms with van der Waals surface area (Å²) in [7, 11) is 0. The molecule has 0 aliphatic carbocycles. The van der Waals surface area contributed by atoms with E-state index in [1.54, 1.807) is 18.2 Å². The molecule has 0 radical (unpaired) electrons. The fraction of sp³-hybridized carbons (Fsp3) is 0.556. The third-order valence-electron chi connectivity index (χ3n) is 1.51. The van der Waals surface area contributed by atoms with Gasteiger partial charge in [0.05, 0.1) is 12.2 Å². The summed E-state index contributed by atoms with van der Waals surface area (Å²) in [5.41, 5.74) is 0. The van der Waals surface area contributed by atoms with E-state index in [0.717, 1.165) is 0 Å². The van der Waals surface area contributed by atoms with Crippen molar-refractivity contribution in [3.8, 4) is 0 Å². The zero-order chi connectivity index (χ0) is 8.69. The van der Waals surface area contributed by atoms with Gasteiger partial charge < -0.3 is 10.2 Å². The first-order chi connectivity index (χ1) is 5.22. The van der Waals surface area contributed by atoms with Gasteiger partial charge in [-0.15, -0.1) is 0 Å². The van der Waals surface area contributed by atoms with Crippen LogP contribution in [0.5, 0.6) is 0 Å². The molecule has 0 aromatic rings. The molecule has 0 bridgehead atoms. The van der Waals surface area contributed by atoms with Crippen molar-refractivity contribution in [1.82, 2.24) is 0 Å². The summed E-state index contributed by atoms with van der Waals surface area (Å²) in [5, 5.41) is 18.3. The van der Waals surface area contributed by atoms with Gasteiger partial charge in [0, 0.05) is 0 Å². The van der Waals surface area contributed by atoms with Gasteiger partial charge in [-0.25, -0.2) is 0 Å². The first-order valence-electron chi connectivity index (χ1n) is 3.86. The van der Waals surface area contributed by atoms with Crippen molar-refractivity contribution in [2.24, 2.45) is 0 Å². The quantitative estimate of drug-likeness (QED) is 0.588. The molecule has 0 rings (SSSR count). The lowest BCUT2D eigenvalue weighted by atomic mass is 10.1. The Morgan fingerprint density at radius 3 is 2.45 bits per heavy atom. The van der Waals surface area contributed by atoms with Crippen molar-refractivity contribution in [3.63, 3.8) is 0 Å². The van der Waals surface area contributed by atoms with Crippen molar-refractivity contribution >= 4 is 0 Å². The molecule has 2 unspecified atom stereocenters. The van der Waals surface area contributed by atoms with Gasteiger partial charge in [0.15, 0.2) is 0 Å². The number of aliphatic hydroxyl groups is 2. The van der Waals surface area contributed by atoms with Gasteiger partial charge in [0.1, 0.15) is 0 Å². The van der Waals surface area contributed by atoms with Crippen LogP contribution in [-0.4, -0.2) is 22.4 Å². The SMILES string of the molecule is C=CC=CCC(O)C(O)CC. The largest absolute Gasteiger partial charge is 0.390 e. The van der Waals surface area contributed by atoms with Crippen molar-refractivity contribution in [2.45, 2.75) is 32.0 Å². The predicted molar refractivity (Wildman–Crippen MR) is 46.3 cm³/mol. The van der Waals surface area contributed by atoms with Crippen LogP contribution in [0.25, 0.3) is 0 Å². The van der Waals surface area contributed by atoms with Crippen molar-refractivity contribution in [2.75, 3.05) is 0 Å². The Labute approximate surface area is 67.9 Å². The van der Waals surface area contributed by atoms with Crippen LogP contribution < -0.4 is 0 Å². The van der Waals surface area contributed by atoms with E-state index in [0.29, 0.717) is 12.8 Å². The maximum Gasteiger partial charge on any atom is 0.0833 e. The molecular formula is C9H16O2. The molecule has 64 valence electrons. The summed E-state index contributed by atoms with van der Waals surface area (Å²) in [5.74, 6) is 0. The third-order valence-corrected chi connectivity index (χ3v) is 1.51. The fourth-order valence-corrected chi connectivity index (χ4v) is 0.743. The lowest BCUT2D eigenvalue weighted by Gasteiger charge is -2.13. The fourth-order valence-electron chi connectivity index (χ4n) is 0.743. The second kappa shape index (κ2) is 6.13. The van der Waals surface area contributed by atoms with Crippen LogP contribution in [0.3, 0.4) is 0 Å². The van der Waals surface area contributed by atoms with E-state index in [1.165, 1.54) is 0 Å². The number of rotatable bonds is 5. The van der Waals surface area contributed by atoms with Crippen LogP contribution in [0.2, 0.25) is 0 Å². The minimum atomic E-state index is -0.642. The van der Waals surface area contributed by atoms with Crippen LogP contribution in [0.1, 0.15) is 19.8 Å². The number of hydrogen-bond donors (Lipinski definition) is 2. The molecule has 0 saturated heterocycles. The Balaban J connectivity index is 3.58. The summed E-state index contributed by atoms with van der Waals surface area (Å²) in [6, 6.07) is 0. The van der Waals surface area contributed by atoms with Crippen LogP contribution >= 0.6 is 0 Å².